The van der Waals surface area contributed by atoms with E-state index in [0.29, 0.717) is 31.8 Å². The molecule has 1 saturated carbocycles. The molecule has 144 valence electrons. The molecule has 2 fully saturated rings. The summed E-state index contributed by atoms with van der Waals surface area (Å²) >= 11 is 0. The number of nitrogens with one attached hydrogen (secondary N) is 1. The van der Waals surface area contributed by atoms with Crippen molar-refractivity contribution in [1.82, 2.24) is 10.3 Å². The summed E-state index contributed by atoms with van der Waals surface area (Å²) in [5, 5.41) is 3.08. The Labute approximate surface area is 151 Å². The molecular formula is C18H25F3N4O. The van der Waals surface area contributed by atoms with E-state index < -0.39 is 11.7 Å². The van der Waals surface area contributed by atoms with Crippen molar-refractivity contribution in [2.45, 2.75) is 44.3 Å². The molecule has 26 heavy (non-hydrogen) atoms. The van der Waals surface area contributed by atoms with Crippen molar-refractivity contribution in [1.29, 1.82) is 0 Å². The van der Waals surface area contributed by atoms with Gasteiger partial charge in [-0.3, -0.25) is 4.79 Å². The Kier molecular flexibility index (Phi) is 5.70. The number of alkyl halides is 3. The normalized spacial score (nSPS) is 26.8. The fourth-order valence-electron chi connectivity index (χ4n) is 4.06. The summed E-state index contributed by atoms with van der Waals surface area (Å²) in [5.41, 5.74) is 5.01. The summed E-state index contributed by atoms with van der Waals surface area (Å²) in [4.78, 5) is 18.2. The van der Waals surface area contributed by atoms with Gasteiger partial charge in [-0.1, -0.05) is 6.42 Å². The molecule has 1 amide bonds. The second-order valence-electron chi connectivity index (χ2n) is 7.20. The number of amides is 1. The number of piperidine rings is 1. The Morgan fingerprint density at radius 1 is 1.31 bits per heavy atom. The van der Waals surface area contributed by atoms with E-state index in [9.17, 15) is 18.0 Å². The number of pyridine rings is 1. The summed E-state index contributed by atoms with van der Waals surface area (Å²) in [7, 11) is 0. The second-order valence-corrected chi connectivity index (χ2v) is 7.20. The number of carbonyl (C=O) groups is 1. The van der Waals surface area contributed by atoms with E-state index >= 15 is 0 Å². The quantitative estimate of drug-likeness (QED) is 0.855. The van der Waals surface area contributed by atoms with Gasteiger partial charge in [0.25, 0.3) is 0 Å². The lowest BCUT2D eigenvalue weighted by Crippen LogP contribution is -2.48. The van der Waals surface area contributed by atoms with Crippen LogP contribution in [0.5, 0.6) is 0 Å². The molecule has 1 aromatic rings. The SMILES string of the molecule is NC[C@@H]1CCC[C@H]1NC(=O)[C@H]1CCCN(c2ncccc2C(F)(F)F)C1. The molecule has 0 bridgehead atoms. The van der Waals surface area contributed by atoms with Crippen LogP contribution in [0, 0.1) is 11.8 Å². The summed E-state index contributed by atoms with van der Waals surface area (Å²) in [6.07, 6.45) is 1.22. The third-order valence-electron chi connectivity index (χ3n) is 5.47. The summed E-state index contributed by atoms with van der Waals surface area (Å²) in [5.74, 6) is -0.195. The van der Waals surface area contributed by atoms with Gasteiger partial charge in [-0.25, -0.2) is 4.98 Å². The van der Waals surface area contributed by atoms with Gasteiger partial charge >= 0.3 is 6.18 Å². The Balaban J connectivity index is 1.69. The summed E-state index contributed by atoms with van der Waals surface area (Å²) in [6.45, 7) is 1.27. The van der Waals surface area contributed by atoms with E-state index in [1.54, 1.807) is 4.90 Å². The maximum atomic E-state index is 13.3. The zero-order valence-electron chi connectivity index (χ0n) is 14.6. The highest BCUT2D eigenvalue weighted by molar-refractivity contribution is 5.80. The molecule has 1 aliphatic carbocycles. The zero-order valence-corrected chi connectivity index (χ0v) is 14.6. The van der Waals surface area contributed by atoms with E-state index in [-0.39, 0.29) is 30.2 Å². The molecule has 1 saturated heterocycles. The maximum Gasteiger partial charge on any atom is 0.419 e. The van der Waals surface area contributed by atoms with E-state index in [4.69, 9.17) is 5.73 Å². The molecule has 2 aliphatic rings. The average molecular weight is 370 g/mol. The largest absolute Gasteiger partial charge is 0.419 e. The highest BCUT2D eigenvalue weighted by Crippen LogP contribution is 2.36. The first-order valence-electron chi connectivity index (χ1n) is 9.17. The lowest BCUT2D eigenvalue weighted by atomic mass is 9.95. The highest BCUT2D eigenvalue weighted by atomic mass is 19.4. The van der Waals surface area contributed by atoms with Crippen molar-refractivity contribution < 1.29 is 18.0 Å². The minimum atomic E-state index is -4.46. The van der Waals surface area contributed by atoms with Crippen LogP contribution < -0.4 is 16.0 Å². The van der Waals surface area contributed by atoms with Crippen LogP contribution in [-0.2, 0) is 11.0 Å². The van der Waals surface area contributed by atoms with Gasteiger partial charge in [0.05, 0.1) is 11.5 Å². The number of hydrogen-bond donors (Lipinski definition) is 2. The fraction of sp³-hybridized carbons (Fsp3) is 0.667. The number of nitrogens with zero attached hydrogens (tertiary/aromatic N) is 2. The number of rotatable bonds is 4. The van der Waals surface area contributed by atoms with Crippen LogP contribution in [0.2, 0.25) is 0 Å². The van der Waals surface area contributed by atoms with Crippen LogP contribution in [0.4, 0.5) is 19.0 Å². The monoisotopic (exact) mass is 370 g/mol. The molecule has 3 rings (SSSR count). The standard InChI is InChI=1S/C18H25F3N4O/c19-18(20,21)14-6-2-8-23-16(14)25-9-3-5-13(11-25)17(26)24-15-7-1-4-12(15)10-22/h2,6,8,12-13,15H,1,3-5,7,9-11,22H2,(H,24,26)/t12-,13-,15+/m0/s1. The highest BCUT2D eigenvalue weighted by Gasteiger charge is 2.38. The lowest BCUT2D eigenvalue weighted by molar-refractivity contribution is -0.137. The molecule has 0 aromatic carbocycles. The van der Waals surface area contributed by atoms with Gasteiger partial charge in [-0.15, -0.1) is 0 Å². The molecular weight excluding hydrogens is 345 g/mol. The van der Waals surface area contributed by atoms with Crippen molar-refractivity contribution in [2.75, 3.05) is 24.5 Å². The van der Waals surface area contributed by atoms with Gasteiger partial charge in [0.2, 0.25) is 5.91 Å². The summed E-state index contributed by atoms with van der Waals surface area (Å²) < 4.78 is 39.8. The van der Waals surface area contributed by atoms with Crippen LogP contribution in [0.3, 0.4) is 0 Å². The molecule has 3 N–H and O–H groups in total. The second kappa shape index (κ2) is 7.82. The van der Waals surface area contributed by atoms with Crippen molar-refractivity contribution >= 4 is 11.7 Å². The molecule has 0 radical (unpaired) electrons. The average Bonchev–Trinajstić information content (AvgIpc) is 3.08. The maximum absolute atomic E-state index is 13.3. The number of nitrogens with two attached hydrogens (primary N) is 1. The number of carbonyl (C=O) groups excluding carboxylic acids is 1. The minimum absolute atomic E-state index is 0.0791. The molecule has 1 aromatic heterocycles. The first kappa shape index (κ1) is 18.9. The smallest absolute Gasteiger partial charge is 0.355 e. The van der Waals surface area contributed by atoms with Crippen molar-refractivity contribution in [2.24, 2.45) is 17.6 Å². The Hall–Kier alpha value is -1.83. The van der Waals surface area contributed by atoms with Crippen molar-refractivity contribution in [3.8, 4) is 0 Å². The van der Waals surface area contributed by atoms with Gasteiger partial charge in [-0.05, 0) is 50.3 Å². The first-order chi connectivity index (χ1) is 12.4. The van der Waals surface area contributed by atoms with Crippen LogP contribution in [0.15, 0.2) is 18.3 Å². The van der Waals surface area contributed by atoms with Crippen LogP contribution in [0.1, 0.15) is 37.7 Å². The first-order valence-corrected chi connectivity index (χ1v) is 9.17. The zero-order chi connectivity index (χ0) is 18.7. The number of anilines is 1. The molecule has 0 unspecified atom stereocenters. The molecule has 5 nitrogen and oxygen atoms in total. The summed E-state index contributed by atoms with van der Waals surface area (Å²) in [6, 6.07) is 2.41. The van der Waals surface area contributed by atoms with Gasteiger partial charge in [0.15, 0.2) is 0 Å². The predicted molar refractivity (Wildman–Crippen MR) is 92.5 cm³/mol. The van der Waals surface area contributed by atoms with Gasteiger partial charge in [-0.2, -0.15) is 13.2 Å². The van der Waals surface area contributed by atoms with E-state index in [1.807, 2.05) is 0 Å². The number of aromatic nitrogens is 1. The number of halogens is 3. The topological polar surface area (TPSA) is 71.2 Å². The van der Waals surface area contributed by atoms with Gasteiger partial charge in [0.1, 0.15) is 5.82 Å². The fourth-order valence-corrected chi connectivity index (χ4v) is 4.06. The third kappa shape index (κ3) is 4.11. The van der Waals surface area contributed by atoms with Crippen molar-refractivity contribution in [3.05, 3.63) is 23.9 Å². The molecule has 1 aliphatic heterocycles. The molecule has 3 atom stereocenters. The van der Waals surface area contributed by atoms with Crippen LogP contribution in [0.25, 0.3) is 0 Å². The lowest BCUT2D eigenvalue weighted by Gasteiger charge is -2.35. The minimum Gasteiger partial charge on any atom is -0.355 e. The van der Waals surface area contributed by atoms with Crippen molar-refractivity contribution in [3.63, 3.8) is 0 Å². The Morgan fingerprint density at radius 3 is 2.85 bits per heavy atom. The van der Waals surface area contributed by atoms with Crippen LogP contribution >= 0.6 is 0 Å². The molecule has 0 spiro atoms. The van der Waals surface area contributed by atoms with Crippen LogP contribution in [-0.4, -0.2) is 36.6 Å². The Morgan fingerprint density at radius 2 is 2.12 bits per heavy atom. The predicted octanol–water partition coefficient (Wildman–Crippen LogP) is 2.56. The van der Waals surface area contributed by atoms with Gasteiger partial charge in [0, 0.05) is 25.3 Å². The van der Waals surface area contributed by atoms with Gasteiger partial charge < -0.3 is 16.0 Å². The Bertz CT molecular complexity index is 637. The number of hydrogen-bond acceptors (Lipinski definition) is 4. The molecule has 8 heteroatoms. The van der Waals surface area contributed by atoms with E-state index in [2.05, 4.69) is 10.3 Å². The van der Waals surface area contributed by atoms with E-state index in [1.165, 1.54) is 12.3 Å². The molecule has 2 heterocycles. The third-order valence-corrected chi connectivity index (χ3v) is 5.47. The van der Waals surface area contributed by atoms with E-state index in [0.717, 1.165) is 25.3 Å².